The van der Waals surface area contributed by atoms with Crippen LogP contribution in [0.3, 0.4) is 0 Å². The van der Waals surface area contributed by atoms with Crippen molar-refractivity contribution in [3.8, 4) is 0 Å². The fourth-order valence-corrected chi connectivity index (χ4v) is 0.398. The lowest BCUT2D eigenvalue weighted by atomic mass is 10.3. The molecular formula is C6H8F4. The first kappa shape index (κ1) is 9.46. The molecule has 0 N–H and O–H groups in total. The van der Waals surface area contributed by atoms with Crippen LogP contribution in [0.4, 0.5) is 17.6 Å². The molecular weight excluding hydrogens is 148 g/mol. The van der Waals surface area contributed by atoms with E-state index in [4.69, 9.17) is 0 Å². The molecule has 0 aliphatic rings. The summed E-state index contributed by atoms with van der Waals surface area (Å²) in [6, 6.07) is 0. The summed E-state index contributed by atoms with van der Waals surface area (Å²) < 4.78 is 45.3. The van der Waals surface area contributed by atoms with Crippen molar-refractivity contribution >= 4 is 0 Å². The minimum absolute atomic E-state index is 0.438. The number of allylic oxidation sites excluding steroid dienone is 2. The molecule has 0 radical (unpaired) electrons. The van der Waals surface area contributed by atoms with E-state index in [0.29, 0.717) is 0 Å². The summed E-state index contributed by atoms with van der Waals surface area (Å²) in [7, 11) is 0. The highest BCUT2D eigenvalue weighted by Gasteiger charge is 1.98. The predicted octanol–water partition coefficient (Wildman–Crippen LogP) is 2.85. The van der Waals surface area contributed by atoms with Crippen molar-refractivity contribution in [1.82, 2.24) is 0 Å². The molecule has 0 nitrogen and oxygen atoms in total. The fraction of sp³-hybridized carbons (Fsp3) is 0.667. The molecule has 0 aromatic heterocycles. The van der Waals surface area contributed by atoms with Crippen LogP contribution in [0.2, 0.25) is 0 Å². The monoisotopic (exact) mass is 156 g/mol. The van der Waals surface area contributed by atoms with Gasteiger partial charge in [-0.3, -0.25) is 0 Å². The van der Waals surface area contributed by atoms with Crippen molar-refractivity contribution in [2.45, 2.75) is 25.7 Å². The van der Waals surface area contributed by atoms with E-state index in [0.717, 1.165) is 12.2 Å². The standard InChI is InChI=1S/C6H8F4/c7-5(8)3-1-2-4-6(9)10/h1-2,5-6H,3-4H2. The van der Waals surface area contributed by atoms with Crippen LogP contribution in [0.15, 0.2) is 12.2 Å². The third kappa shape index (κ3) is 7.46. The molecule has 4 heteroatoms. The van der Waals surface area contributed by atoms with Crippen molar-refractivity contribution in [3.63, 3.8) is 0 Å². The maximum atomic E-state index is 11.3. The lowest BCUT2D eigenvalue weighted by molar-refractivity contribution is 0.147. The highest BCUT2D eigenvalue weighted by molar-refractivity contribution is 4.82. The van der Waals surface area contributed by atoms with Crippen LogP contribution in [0.1, 0.15) is 12.8 Å². The highest BCUT2D eigenvalue weighted by Crippen LogP contribution is 2.03. The van der Waals surface area contributed by atoms with Gasteiger partial charge in [-0.25, -0.2) is 17.6 Å². The van der Waals surface area contributed by atoms with E-state index in [1.54, 1.807) is 0 Å². The first-order valence-electron chi connectivity index (χ1n) is 2.84. The molecule has 0 spiro atoms. The Morgan fingerprint density at radius 2 is 1.10 bits per heavy atom. The Morgan fingerprint density at radius 3 is 1.30 bits per heavy atom. The maximum absolute atomic E-state index is 11.3. The van der Waals surface area contributed by atoms with Gasteiger partial charge in [0.1, 0.15) is 0 Å². The van der Waals surface area contributed by atoms with Gasteiger partial charge in [-0.15, -0.1) is 0 Å². The molecule has 0 unspecified atom stereocenters. The van der Waals surface area contributed by atoms with Crippen LogP contribution in [-0.2, 0) is 0 Å². The van der Waals surface area contributed by atoms with E-state index in [2.05, 4.69) is 0 Å². The van der Waals surface area contributed by atoms with Gasteiger partial charge in [0, 0.05) is 12.8 Å². The summed E-state index contributed by atoms with van der Waals surface area (Å²) in [5, 5.41) is 0. The summed E-state index contributed by atoms with van der Waals surface area (Å²) in [4.78, 5) is 0. The second kappa shape index (κ2) is 5.26. The van der Waals surface area contributed by atoms with Gasteiger partial charge in [0.15, 0.2) is 0 Å². The summed E-state index contributed by atoms with van der Waals surface area (Å²) in [5.41, 5.74) is 0. The summed E-state index contributed by atoms with van der Waals surface area (Å²) in [6.07, 6.45) is -3.62. The van der Waals surface area contributed by atoms with Crippen LogP contribution >= 0.6 is 0 Å². The lowest BCUT2D eigenvalue weighted by Gasteiger charge is -1.90. The maximum Gasteiger partial charge on any atom is 0.242 e. The molecule has 0 saturated carbocycles. The van der Waals surface area contributed by atoms with Crippen LogP contribution in [0.5, 0.6) is 0 Å². The quantitative estimate of drug-likeness (QED) is 0.433. The van der Waals surface area contributed by atoms with E-state index in [-0.39, 0.29) is 0 Å². The molecule has 0 atom stereocenters. The minimum Gasteiger partial charge on any atom is -0.210 e. The van der Waals surface area contributed by atoms with Crippen LogP contribution < -0.4 is 0 Å². The molecule has 0 aliphatic carbocycles. The number of alkyl halides is 4. The molecule has 0 aliphatic heterocycles. The summed E-state index contributed by atoms with van der Waals surface area (Å²) in [5.74, 6) is 0. The highest BCUT2D eigenvalue weighted by atomic mass is 19.3. The molecule has 0 amide bonds. The van der Waals surface area contributed by atoms with E-state index >= 15 is 0 Å². The van der Waals surface area contributed by atoms with E-state index in [1.165, 1.54) is 0 Å². The van der Waals surface area contributed by atoms with Crippen molar-refractivity contribution in [2.24, 2.45) is 0 Å². The van der Waals surface area contributed by atoms with Crippen molar-refractivity contribution in [1.29, 1.82) is 0 Å². The first-order valence-corrected chi connectivity index (χ1v) is 2.84. The molecule has 0 fully saturated rings. The Morgan fingerprint density at radius 1 is 0.800 bits per heavy atom. The molecule has 0 aromatic rings. The Bertz CT molecular complexity index is 85.9. The second-order valence-electron chi connectivity index (χ2n) is 1.72. The largest absolute Gasteiger partial charge is 0.242 e. The summed E-state index contributed by atoms with van der Waals surface area (Å²) in [6.45, 7) is 0. The minimum atomic E-state index is -2.44. The zero-order chi connectivity index (χ0) is 7.98. The predicted molar refractivity (Wildman–Crippen MR) is 30.4 cm³/mol. The number of hydrogen-bond acceptors (Lipinski definition) is 0. The van der Waals surface area contributed by atoms with Crippen LogP contribution in [0.25, 0.3) is 0 Å². The third-order valence-electron chi connectivity index (χ3n) is 0.795. The average Bonchev–Trinajstić information content (AvgIpc) is 1.79. The smallest absolute Gasteiger partial charge is 0.210 e. The zero-order valence-corrected chi connectivity index (χ0v) is 5.24. The first-order chi connectivity index (χ1) is 4.63. The number of halogens is 4. The van der Waals surface area contributed by atoms with Gasteiger partial charge in [-0.2, -0.15) is 0 Å². The van der Waals surface area contributed by atoms with Gasteiger partial charge >= 0.3 is 0 Å². The Kier molecular flexibility index (Phi) is 4.98. The number of rotatable bonds is 4. The van der Waals surface area contributed by atoms with Gasteiger partial charge in [-0.05, 0) is 0 Å². The van der Waals surface area contributed by atoms with Gasteiger partial charge in [-0.1, -0.05) is 12.2 Å². The second-order valence-corrected chi connectivity index (χ2v) is 1.72. The molecule has 0 bridgehead atoms. The van der Waals surface area contributed by atoms with Gasteiger partial charge in [0.05, 0.1) is 0 Å². The average molecular weight is 156 g/mol. The SMILES string of the molecule is FC(F)CC=CCC(F)F. The van der Waals surface area contributed by atoms with E-state index in [1.807, 2.05) is 0 Å². The molecule has 0 rings (SSSR count). The zero-order valence-electron chi connectivity index (χ0n) is 5.24. The van der Waals surface area contributed by atoms with Crippen molar-refractivity contribution in [2.75, 3.05) is 0 Å². The lowest BCUT2D eigenvalue weighted by Crippen LogP contribution is -1.87. The molecule has 0 saturated heterocycles. The van der Waals surface area contributed by atoms with E-state index in [9.17, 15) is 17.6 Å². The molecule has 0 heterocycles. The normalized spacial score (nSPS) is 12.2. The summed E-state index contributed by atoms with van der Waals surface area (Å²) >= 11 is 0. The third-order valence-corrected chi connectivity index (χ3v) is 0.795. The topological polar surface area (TPSA) is 0 Å². The number of hydrogen-bond donors (Lipinski definition) is 0. The van der Waals surface area contributed by atoms with Gasteiger partial charge < -0.3 is 0 Å². The van der Waals surface area contributed by atoms with Crippen molar-refractivity contribution in [3.05, 3.63) is 12.2 Å². The van der Waals surface area contributed by atoms with Gasteiger partial charge in [0.2, 0.25) is 12.9 Å². The molecule has 60 valence electrons. The fourth-order valence-electron chi connectivity index (χ4n) is 0.398. The Balaban J connectivity index is 3.20. The van der Waals surface area contributed by atoms with E-state index < -0.39 is 25.7 Å². The van der Waals surface area contributed by atoms with Crippen molar-refractivity contribution < 1.29 is 17.6 Å². The Labute approximate surface area is 56.5 Å². The van der Waals surface area contributed by atoms with Crippen LogP contribution in [0, 0.1) is 0 Å². The van der Waals surface area contributed by atoms with Crippen LogP contribution in [-0.4, -0.2) is 12.9 Å². The Hall–Kier alpha value is -0.540. The molecule has 10 heavy (non-hydrogen) atoms. The molecule has 0 aromatic carbocycles. The van der Waals surface area contributed by atoms with Gasteiger partial charge in [0.25, 0.3) is 0 Å².